The van der Waals surface area contributed by atoms with Crippen LogP contribution in [0.2, 0.25) is 15.1 Å². The maximum absolute atomic E-state index is 13.6. The smallest absolute Gasteiger partial charge is 0.240 e. The van der Waals surface area contributed by atoms with E-state index < -0.39 is 5.92 Å². The number of benzene rings is 2. The topological polar surface area (TPSA) is 78.7 Å². The van der Waals surface area contributed by atoms with Crippen molar-refractivity contribution < 1.29 is 14.3 Å². The van der Waals surface area contributed by atoms with Gasteiger partial charge in [0.1, 0.15) is 17.8 Å². The second kappa shape index (κ2) is 14.2. The molecule has 226 valence electrons. The Morgan fingerprint density at radius 2 is 1.84 bits per heavy atom. The summed E-state index contributed by atoms with van der Waals surface area (Å²) in [6.45, 7) is 4.36. The lowest BCUT2D eigenvalue weighted by atomic mass is 9.99. The number of aromatic nitrogens is 1. The standard InChI is InChI=1S/C33H35Cl3N4O3/c1-21-13-29(35)32(30(36)14-21)43-27-9-11-39(20-27)31-8-4-23(18-38-31)16-24(17-37)33(41)40(26-5-6-26)19-25-15-22(10-12-42-2)3-7-28(25)34/h3-4,7-8,13-15,18,24,26-27H,5-6,9-12,16,19-20H2,1-2H3/t24?,27-/m0/s1. The number of halogens is 3. The van der Waals surface area contributed by atoms with Crippen LogP contribution in [0, 0.1) is 24.2 Å². The first-order valence-electron chi connectivity index (χ1n) is 14.5. The molecule has 0 radical (unpaired) electrons. The highest BCUT2D eigenvalue weighted by molar-refractivity contribution is 6.37. The lowest BCUT2D eigenvalue weighted by Crippen LogP contribution is -2.38. The van der Waals surface area contributed by atoms with Gasteiger partial charge in [-0.25, -0.2) is 4.98 Å². The molecule has 0 N–H and O–H groups in total. The highest BCUT2D eigenvalue weighted by atomic mass is 35.5. The predicted molar refractivity (Wildman–Crippen MR) is 170 cm³/mol. The number of hydrogen-bond acceptors (Lipinski definition) is 6. The van der Waals surface area contributed by atoms with Gasteiger partial charge in [-0.2, -0.15) is 5.26 Å². The molecule has 2 atom stereocenters. The van der Waals surface area contributed by atoms with Crippen LogP contribution >= 0.6 is 34.8 Å². The zero-order valence-electron chi connectivity index (χ0n) is 24.4. The first-order chi connectivity index (χ1) is 20.7. The average Bonchev–Trinajstić information content (AvgIpc) is 3.73. The Hall–Kier alpha value is -3.02. The third kappa shape index (κ3) is 7.93. The monoisotopic (exact) mass is 640 g/mol. The molecule has 3 aromatic rings. The number of carbonyl (C=O) groups excluding carboxylic acids is 1. The third-order valence-corrected chi connectivity index (χ3v) is 8.85. The van der Waals surface area contributed by atoms with Gasteiger partial charge in [-0.3, -0.25) is 4.79 Å². The molecule has 2 fully saturated rings. The molecule has 2 aromatic carbocycles. The number of amides is 1. The van der Waals surface area contributed by atoms with Crippen LogP contribution in [0.5, 0.6) is 5.75 Å². The molecular weight excluding hydrogens is 607 g/mol. The number of ether oxygens (including phenoxy) is 2. The molecular formula is C33H35Cl3N4O3. The first kappa shape index (κ1) is 31.4. The largest absolute Gasteiger partial charge is 0.485 e. The van der Waals surface area contributed by atoms with Crippen LogP contribution in [0.4, 0.5) is 5.82 Å². The summed E-state index contributed by atoms with van der Waals surface area (Å²) < 4.78 is 11.4. The minimum absolute atomic E-state index is 0.0673. The van der Waals surface area contributed by atoms with Gasteiger partial charge in [0, 0.05) is 43.9 Å². The van der Waals surface area contributed by atoms with Crippen LogP contribution in [0.3, 0.4) is 0 Å². The number of carbonyl (C=O) groups is 1. The summed E-state index contributed by atoms with van der Waals surface area (Å²) in [7, 11) is 1.67. The number of hydrogen-bond donors (Lipinski definition) is 0. The number of methoxy groups -OCH3 is 1. The maximum atomic E-state index is 13.6. The Bertz CT molecular complexity index is 1470. The molecule has 1 amide bonds. The molecule has 2 heterocycles. The van der Waals surface area contributed by atoms with Crippen LogP contribution in [0.1, 0.15) is 41.5 Å². The summed E-state index contributed by atoms with van der Waals surface area (Å²) in [5, 5.41) is 11.6. The van der Waals surface area contributed by atoms with Gasteiger partial charge >= 0.3 is 0 Å². The van der Waals surface area contributed by atoms with E-state index in [0.29, 0.717) is 46.9 Å². The summed E-state index contributed by atoms with van der Waals surface area (Å²) in [4.78, 5) is 22.3. The van der Waals surface area contributed by atoms with E-state index in [0.717, 1.165) is 60.3 Å². The molecule has 1 saturated carbocycles. The number of nitrogens with zero attached hydrogens (tertiary/aromatic N) is 4. The number of rotatable bonds is 12. The predicted octanol–water partition coefficient (Wildman–Crippen LogP) is 7.07. The van der Waals surface area contributed by atoms with Crippen molar-refractivity contribution in [1.29, 1.82) is 5.26 Å². The molecule has 1 aromatic heterocycles. The average molecular weight is 642 g/mol. The van der Waals surface area contributed by atoms with Crippen molar-refractivity contribution in [1.82, 2.24) is 9.88 Å². The van der Waals surface area contributed by atoms with Gasteiger partial charge in [0.2, 0.25) is 5.91 Å². The Balaban J connectivity index is 1.20. The lowest BCUT2D eigenvalue weighted by molar-refractivity contribution is -0.135. The van der Waals surface area contributed by atoms with Gasteiger partial charge < -0.3 is 19.3 Å². The molecule has 43 heavy (non-hydrogen) atoms. The molecule has 0 bridgehead atoms. The third-order valence-electron chi connectivity index (χ3n) is 7.92. The Morgan fingerprint density at radius 1 is 1.09 bits per heavy atom. The van der Waals surface area contributed by atoms with E-state index in [1.165, 1.54) is 0 Å². The Labute approximate surface area is 268 Å². The molecule has 2 aliphatic rings. The number of nitriles is 1. The molecule has 10 heteroatoms. The van der Waals surface area contributed by atoms with Gasteiger partial charge in [-0.1, -0.05) is 53.0 Å². The van der Waals surface area contributed by atoms with Crippen LogP contribution in [0.25, 0.3) is 0 Å². The summed E-state index contributed by atoms with van der Waals surface area (Å²) >= 11 is 19.3. The zero-order valence-corrected chi connectivity index (χ0v) is 26.6. The highest BCUT2D eigenvalue weighted by Crippen LogP contribution is 2.36. The van der Waals surface area contributed by atoms with E-state index >= 15 is 0 Å². The van der Waals surface area contributed by atoms with Crippen LogP contribution < -0.4 is 9.64 Å². The van der Waals surface area contributed by atoms with Crippen LogP contribution in [-0.2, 0) is 28.9 Å². The van der Waals surface area contributed by atoms with Crippen molar-refractivity contribution in [2.24, 2.45) is 5.92 Å². The van der Waals surface area contributed by atoms with Crippen molar-refractivity contribution in [2.45, 2.75) is 57.7 Å². The van der Waals surface area contributed by atoms with Gasteiger partial charge in [0.15, 0.2) is 5.75 Å². The quantitative estimate of drug-likeness (QED) is 0.211. The summed E-state index contributed by atoms with van der Waals surface area (Å²) in [6, 6.07) is 15.8. The highest BCUT2D eigenvalue weighted by Gasteiger charge is 2.36. The fourth-order valence-corrected chi connectivity index (χ4v) is 6.29. The van der Waals surface area contributed by atoms with E-state index in [4.69, 9.17) is 44.3 Å². The van der Waals surface area contributed by atoms with E-state index in [1.807, 2.05) is 54.3 Å². The normalized spacial score (nSPS) is 17.0. The fraction of sp³-hybridized carbons (Fsp3) is 0.424. The molecule has 7 nitrogen and oxygen atoms in total. The van der Waals surface area contributed by atoms with Gasteiger partial charge in [-0.05, 0) is 79.1 Å². The minimum Gasteiger partial charge on any atom is -0.485 e. The zero-order chi connectivity index (χ0) is 30.5. The van der Waals surface area contributed by atoms with Crippen molar-refractivity contribution in [3.05, 3.63) is 86.0 Å². The molecule has 1 saturated heterocycles. The SMILES string of the molecule is COCCc1ccc(Cl)c(CN(C(=O)C(C#N)Cc2ccc(N3CC[C@H](Oc4c(Cl)cc(C)cc4Cl)C3)nc2)C2CC2)c1. The van der Waals surface area contributed by atoms with Crippen LogP contribution in [-0.4, -0.2) is 54.7 Å². The summed E-state index contributed by atoms with van der Waals surface area (Å²) in [6.07, 6.45) is 5.43. The number of anilines is 1. The minimum atomic E-state index is -0.808. The van der Waals surface area contributed by atoms with E-state index in [1.54, 1.807) is 13.3 Å². The van der Waals surface area contributed by atoms with E-state index in [2.05, 4.69) is 16.0 Å². The molecule has 1 aliphatic carbocycles. The van der Waals surface area contributed by atoms with Gasteiger partial charge in [-0.15, -0.1) is 0 Å². The lowest BCUT2D eigenvalue weighted by Gasteiger charge is -2.26. The first-order valence-corrected chi connectivity index (χ1v) is 15.7. The Morgan fingerprint density at radius 3 is 2.49 bits per heavy atom. The second-order valence-corrected chi connectivity index (χ2v) is 12.5. The Kier molecular flexibility index (Phi) is 10.4. The second-order valence-electron chi connectivity index (χ2n) is 11.3. The fourth-order valence-electron chi connectivity index (χ4n) is 5.43. The number of aryl methyl sites for hydroxylation is 1. The molecule has 1 aliphatic heterocycles. The maximum Gasteiger partial charge on any atom is 0.240 e. The van der Waals surface area contributed by atoms with Crippen molar-refractivity contribution in [3.63, 3.8) is 0 Å². The van der Waals surface area contributed by atoms with Crippen molar-refractivity contribution >= 4 is 46.5 Å². The molecule has 5 rings (SSSR count). The van der Waals surface area contributed by atoms with E-state index in [-0.39, 0.29) is 18.1 Å². The van der Waals surface area contributed by atoms with Crippen molar-refractivity contribution in [2.75, 3.05) is 31.7 Å². The van der Waals surface area contributed by atoms with Crippen LogP contribution in [0.15, 0.2) is 48.7 Å². The molecule has 1 unspecified atom stereocenters. The summed E-state index contributed by atoms with van der Waals surface area (Å²) in [5.74, 6) is 0.355. The summed E-state index contributed by atoms with van der Waals surface area (Å²) in [5.41, 5.74) is 3.81. The number of pyridine rings is 1. The van der Waals surface area contributed by atoms with Gasteiger partial charge in [0.05, 0.1) is 29.3 Å². The van der Waals surface area contributed by atoms with Crippen molar-refractivity contribution in [3.8, 4) is 11.8 Å². The molecule has 0 spiro atoms. The van der Waals surface area contributed by atoms with Gasteiger partial charge in [0.25, 0.3) is 0 Å². The van der Waals surface area contributed by atoms with E-state index in [9.17, 15) is 10.1 Å².